The summed E-state index contributed by atoms with van der Waals surface area (Å²) in [6.07, 6.45) is 3.09. The fourth-order valence-electron chi connectivity index (χ4n) is 1.83. The SMILES string of the molecule is CC(Cl)CCc1cccc2c1OCC2. The molecule has 1 aromatic rings. The van der Waals surface area contributed by atoms with Crippen LogP contribution in [0.3, 0.4) is 0 Å². The van der Waals surface area contributed by atoms with Crippen molar-refractivity contribution in [2.24, 2.45) is 0 Å². The molecule has 0 aliphatic carbocycles. The van der Waals surface area contributed by atoms with Crippen LogP contribution in [0.4, 0.5) is 0 Å². The fraction of sp³-hybridized carbons (Fsp3) is 0.500. The van der Waals surface area contributed by atoms with E-state index in [-0.39, 0.29) is 5.38 Å². The monoisotopic (exact) mass is 210 g/mol. The molecule has 1 unspecified atom stereocenters. The van der Waals surface area contributed by atoms with Crippen LogP contribution in [-0.4, -0.2) is 12.0 Å². The van der Waals surface area contributed by atoms with Crippen LogP contribution in [0, 0.1) is 0 Å². The van der Waals surface area contributed by atoms with Crippen molar-refractivity contribution in [2.75, 3.05) is 6.61 Å². The zero-order chi connectivity index (χ0) is 9.97. The van der Waals surface area contributed by atoms with Gasteiger partial charge in [0.25, 0.3) is 0 Å². The highest BCUT2D eigenvalue weighted by molar-refractivity contribution is 6.20. The Balaban J connectivity index is 2.14. The molecule has 1 heterocycles. The molecule has 2 rings (SSSR count). The molecule has 0 N–H and O–H groups in total. The number of benzene rings is 1. The van der Waals surface area contributed by atoms with Gasteiger partial charge in [-0.2, -0.15) is 0 Å². The Kier molecular flexibility index (Phi) is 2.97. The predicted octanol–water partition coefficient (Wildman–Crippen LogP) is 3.18. The molecule has 0 saturated carbocycles. The minimum atomic E-state index is 0.243. The largest absolute Gasteiger partial charge is 0.493 e. The quantitative estimate of drug-likeness (QED) is 0.697. The van der Waals surface area contributed by atoms with Crippen LogP contribution in [0.25, 0.3) is 0 Å². The summed E-state index contributed by atoms with van der Waals surface area (Å²) in [6.45, 7) is 2.87. The molecule has 0 amide bonds. The zero-order valence-corrected chi connectivity index (χ0v) is 9.18. The van der Waals surface area contributed by atoms with Crippen molar-refractivity contribution in [3.05, 3.63) is 29.3 Å². The third kappa shape index (κ3) is 2.03. The zero-order valence-electron chi connectivity index (χ0n) is 8.42. The molecular formula is C12H15ClO. The van der Waals surface area contributed by atoms with E-state index in [0.29, 0.717) is 0 Å². The minimum Gasteiger partial charge on any atom is -0.493 e. The fourth-order valence-corrected chi connectivity index (χ4v) is 1.94. The lowest BCUT2D eigenvalue weighted by atomic mass is 10.0. The van der Waals surface area contributed by atoms with E-state index in [9.17, 15) is 0 Å². The number of hydrogen-bond donors (Lipinski definition) is 0. The van der Waals surface area contributed by atoms with Crippen LogP contribution in [0.1, 0.15) is 24.5 Å². The molecule has 76 valence electrons. The first-order valence-electron chi connectivity index (χ1n) is 5.15. The minimum absolute atomic E-state index is 0.243. The van der Waals surface area contributed by atoms with Crippen molar-refractivity contribution >= 4 is 11.6 Å². The van der Waals surface area contributed by atoms with Gasteiger partial charge in [-0.05, 0) is 30.9 Å². The van der Waals surface area contributed by atoms with Crippen molar-refractivity contribution in [2.45, 2.75) is 31.6 Å². The highest BCUT2D eigenvalue weighted by Gasteiger charge is 2.15. The van der Waals surface area contributed by atoms with E-state index in [0.717, 1.165) is 31.6 Å². The third-order valence-electron chi connectivity index (χ3n) is 2.61. The molecule has 0 saturated heterocycles. The average molecular weight is 211 g/mol. The summed E-state index contributed by atoms with van der Waals surface area (Å²) in [5, 5.41) is 0.243. The van der Waals surface area contributed by atoms with Crippen LogP contribution < -0.4 is 4.74 Å². The smallest absolute Gasteiger partial charge is 0.125 e. The molecule has 0 aromatic heterocycles. The summed E-state index contributed by atoms with van der Waals surface area (Å²) in [7, 11) is 0. The van der Waals surface area contributed by atoms with Crippen LogP contribution >= 0.6 is 11.6 Å². The van der Waals surface area contributed by atoms with Crippen molar-refractivity contribution in [3.8, 4) is 5.75 Å². The molecule has 0 bridgehead atoms. The topological polar surface area (TPSA) is 9.23 Å². The Morgan fingerprint density at radius 3 is 3.14 bits per heavy atom. The van der Waals surface area contributed by atoms with Crippen molar-refractivity contribution in [3.63, 3.8) is 0 Å². The van der Waals surface area contributed by atoms with E-state index in [1.54, 1.807) is 0 Å². The third-order valence-corrected chi connectivity index (χ3v) is 2.83. The standard InChI is InChI=1S/C12H15ClO/c1-9(13)5-6-10-3-2-4-11-7-8-14-12(10)11/h2-4,9H,5-8H2,1H3. The van der Waals surface area contributed by atoms with E-state index in [1.807, 2.05) is 6.92 Å². The summed E-state index contributed by atoms with van der Waals surface area (Å²) in [6, 6.07) is 6.40. The van der Waals surface area contributed by atoms with Crippen molar-refractivity contribution in [1.29, 1.82) is 0 Å². The average Bonchev–Trinajstić information content (AvgIpc) is 2.62. The second kappa shape index (κ2) is 4.22. The number of rotatable bonds is 3. The van der Waals surface area contributed by atoms with Gasteiger partial charge in [-0.1, -0.05) is 18.2 Å². The molecule has 0 spiro atoms. The number of fused-ring (bicyclic) bond motifs is 1. The number of ether oxygens (including phenoxy) is 1. The van der Waals surface area contributed by atoms with Crippen LogP contribution in [0.15, 0.2) is 18.2 Å². The second-order valence-corrected chi connectivity index (χ2v) is 4.57. The second-order valence-electron chi connectivity index (χ2n) is 3.82. The summed E-state index contributed by atoms with van der Waals surface area (Å²) in [5.74, 6) is 1.12. The highest BCUT2D eigenvalue weighted by Crippen LogP contribution is 2.30. The first-order chi connectivity index (χ1) is 6.77. The maximum absolute atomic E-state index is 5.94. The normalized spacial score (nSPS) is 16.1. The molecule has 2 heteroatoms. The van der Waals surface area contributed by atoms with E-state index in [2.05, 4.69) is 18.2 Å². The molecular weight excluding hydrogens is 196 g/mol. The van der Waals surface area contributed by atoms with Gasteiger partial charge in [0.1, 0.15) is 5.75 Å². The lowest BCUT2D eigenvalue weighted by Gasteiger charge is -2.08. The van der Waals surface area contributed by atoms with Gasteiger partial charge < -0.3 is 4.74 Å². The Hall–Kier alpha value is -0.690. The maximum Gasteiger partial charge on any atom is 0.125 e. The van der Waals surface area contributed by atoms with Crippen molar-refractivity contribution in [1.82, 2.24) is 0 Å². The molecule has 14 heavy (non-hydrogen) atoms. The molecule has 1 aromatic carbocycles. The van der Waals surface area contributed by atoms with E-state index in [4.69, 9.17) is 16.3 Å². The lowest BCUT2D eigenvalue weighted by molar-refractivity contribution is 0.353. The number of hydrogen-bond acceptors (Lipinski definition) is 1. The molecule has 1 aliphatic rings. The molecule has 1 aliphatic heterocycles. The van der Waals surface area contributed by atoms with Crippen molar-refractivity contribution < 1.29 is 4.74 Å². The predicted molar refractivity (Wildman–Crippen MR) is 59.3 cm³/mol. The maximum atomic E-state index is 5.94. The summed E-state index contributed by atoms with van der Waals surface area (Å²) in [5.41, 5.74) is 2.66. The highest BCUT2D eigenvalue weighted by atomic mass is 35.5. The molecule has 1 atom stereocenters. The Labute approximate surface area is 90.0 Å². The molecule has 0 radical (unpaired) electrons. The Morgan fingerprint density at radius 2 is 2.36 bits per heavy atom. The van der Waals surface area contributed by atoms with Gasteiger partial charge in [0.2, 0.25) is 0 Å². The number of aryl methyl sites for hydroxylation is 1. The van der Waals surface area contributed by atoms with Crippen LogP contribution in [0.5, 0.6) is 5.75 Å². The first-order valence-corrected chi connectivity index (χ1v) is 5.58. The summed E-state index contributed by atoms with van der Waals surface area (Å²) in [4.78, 5) is 0. The molecule has 0 fully saturated rings. The van der Waals surface area contributed by atoms with E-state index in [1.165, 1.54) is 11.1 Å². The van der Waals surface area contributed by atoms with Gasteiger partial charge >= 0.3 is 0 Å². The number of alkyl halides is 1. The molecule has 1 nitrogen and oxygen atoms in total. The van der Waals surface area contributed by atoms with E-state index < -0.39 is 0 Å². The van der Waals surface area contributed by atoms with E-state index >= 15 is 0 Å². The summed E-state index contributed by atoms with van der Waals surface area (Å²) < 4.78 is 5.62. The van der Waals surface area contributed by atoms with Gasteiger partial charge in [0.05, 0.1) is 6.61 Å². The Bertz CT molecular complexity index is 320. The van der Waals surface area contributed by atoms with Gasteiger partial charge in [0.15, 0.2) is 0 Å². The Morgan fingerprint density at radius 1 is 1.50 bits per heavy atom. The van der Waals surface area contributed by atoms with Gasteiger partial charge in [-0.15, -0.1) is 11.6 Å². The van der Waals surface area contributed by atoms with Gasteiger partial charge in [-0.3, -0.25) is 0 Å². The van der Waals surface area contributed by atoms with Crippen LogP contribution in [0.2, 0.25) is 0 Å². The lowest BCUT2D eigenvalue weighted by Crippen LogP contribution is -1.97. The summed E-state index contributed by atoms with van der Waals surface area (Å²) >= 11 is 5.94. The first kappa shape index (κ1) is 9.85. The number of para-hydroxylation sites is 1. The van der Waals surface area contributed by atoms with Crippen LogP contribution in [-0.2, 0) is 12.8 Å². The van der Waals surface area contributed by atoms with Gasteiger partial charge in [0, 0.05) is 11.8 Å². The van der Waals surface area contributed by atoms with Gasteiger partial charge in [-0.25, -0.2) is 0 Å². The number of halogens is 1.